The highest BCUT2D eigenvalue weighted by molar-refractivity contribution is 8.13. The lowest BCUT2D eigenvalue weighted by Gasteiger charge is -2.05. The van der Waals surface area contributed by atoms with Crippen molar-refractivity contribution in [2.24, 2.45) is 10.7 Å². The molecule has 1 rings (SSSR count). The molecule has 7 nitrogen and oxygen atoms in total. The number of rotatable bonds is 1. The standard InChI is InChI=1S/C7H10ClN7S/c1-16-7(12)15-5(10)2-4(9)14-6(11)3(8)13-2/h1H3,(H4,9,11,14)(H3,10,12,15). The van der Waals surface area contributed by atoms with Crippen LogP contribution in [0.1, 0.15) is 5.69 Å². The Morgan fingerprint density at radius 1 is 1.38 bits per heavy atom. The van der Waals surface area contributed by atoms with E-state index in [9.17, 15) is 0 Å². The summed E-state index contributed by atoms with van der Waals surface area (Å²) in [5.74, 6) is 0.0268. The monoisotopic (exact) mass is 259 g/mol. The maximum absolute atomic E-state index is 7.33. The Balaban J connectivity index is 3.18. The van der Waals surface area contributed by atoms with Crippen LogP contribution in [0.4, 0.5) is 11.6 Å². The zero-order chi connectivity index (χ0) is 12.3. The molecule has 0 saturated carbocycles. The molecule has 16 heavy (non-hydrogen) atoms. The van der Waals surface area contributed by atoms with Gasteiger partial charge in [-0.3, -0.25) is 5.41 Å². The molecular weight excluding hydrogens is 250 g/mol. The van der Waals surface area contributed by atoms with Crippen LogP contribution in [0.2, 0.25) is 5.15 Å². The van der Waals surface area contributed by atoms with Gasteiger partial charge in [0, 0.05) is 0 Å². The third kappa shape index (κ3) is 2.74. The molecule has 0 fully saturated rings. The molecule has 0 amide bonds. The second-order valence-corrected chi connectivity index (χ2v) is 3.79. The van der Waals surface area contributed by atoms with E-state index in [0.717, 1.165) is 11.8 Å². The first kappa shape index (κ1) is 12.5. The highest BCUT2D eigenvalue weighted by atomic mass is 35.5. The Morgan fingerprint density at radius 2 is 2.00 bits per heavy atom. The van der Waals surface area contributed by atoms with Gasteiger partial charge in [0.25, 0.3) is 0 Å². The van der Waals surface area contributed by atoms with Gasteiger partial charge in [-0.25, -0.2) is 15.0 Å². The second-order valence-electron chi connectivity index (χ2n) is 2.64. The third-order valence-electron chi connectivity index (χ3n) is 1.56. The normalized spacial score (nSPS) is 11.5. The highest BCUT2D eigenvalue weighted by Gasteiger charge is 2.11. The number of thioether (sulfide) groups is 1. The number of halogens is 1. The minimum atomic E-state index is -0.0220. The molecule has 1 aromatic heterocycles. The van der Waals surface area contributed by atoms with Crippen molar-refractivity contribution in [3.63, 3.8) is 0 Å². The number of aliphatic imine (C=N–C) groups is 1. The molecule has 7 N–H and O–H groups in total. The molecule has 0 unspecified atom stereocenters. The van der Waals surface area contributed by atoms with Gasteiger partial charge < -0.3 is 17.2 Å². The van der Waals surface area contributed by atoms with Crippen molar-refractivity contribution in [2.45, 2.75) is 0 Å². The molecule has 0 atom stereocenters. The molecule has 1 heterocycles. The number of nitrogens with one attached hydrogen (secondary N) is 1. The fourth-order valence-corrected chi connectivity index (χ4v) is 1.15. The van der Waals surface area contributed by atoms with Gasteiger partial charge in [0.2, 0.25) is 0 Å². The van der Waals surface area contributed by atoms with Crippen LogP contribution in [-0.2, 0) is 0 Å². The maximum Gasteiger partial charge on any atom is 0.181 e. The minimum Gasteiger partial charge on any atom is -0.382 e. The minimum absolute atomic E-state index is 0.00182. The van der Waals surface area contributed by atoms with Crippen LogP contribution in [0.5, 0.6) is 0 Å². The number of anilines is 2. The summed E-state index contributed by atoms with van der Waals surface area (Å²) in [4.78, 5) is 11.4. The van der Waals surface area contributed by atoms with Crippen molar-refractivity contribution < 1.29 is 0 Å². The van der Waals surface area contributed by atoms with Crippen LogP contribution in [0.25, 0.3) is 0 Å². The summed E-state index contributed by atoms with van der Waals surface area (Å²) in [7, 11) is 0. The van der Waals surface area contributed by atoms with E-state index in [2.05, 4.69) is 15.0 Å². The van der Waals surface area contributed by atoms with Crippen LogP contribution >= 0.6 is 23.4 Å². The van der Waals surface area contributed by atoms with Gasteiger partial charge in [-0.1, -0.05) is 23.4 Å². The molecule has 0 spiro atoms. The van der Waals surface area contributed by atoms with Crippen molar-refractivity contribution in [3.8, 4) is 0 Å². The number of hydrogen-bond donors (Lipinski definition) is 4. The summed E-state index contributed by atoms with van der Waals surface area (Å²) in [5, 5.41) is 7.36. The largest absolute Gasteiger partial charge is 0.382 e. The summed E-state index contributed by atoms with van der Waals surface area (Å²) < 4.78 is 0. The zero-order valence-corrected chi connectivity index (χ0v) is 9.93. The second kappa shape index (κ2) is 4.99. The van der Waals surface area contributed by atoms with Crippen LogP contribution in [-0.4, -0.2) is 27.2 Å². The predicted molar refractivity (Wildman–Crippen MR) is 67.8 cm³/mol. The molecule has 0 aliphatic carbocycles. The molecule has 0 aromatic carbocycles. The molecule has 1 aromatic rings. The molecule has 0 bridgehead atoms. The van der Waals surface area contributed by atoms with E-state index in [1.807, 2.05) is 0 Å². The number of amidine groups is 2. The van der Waals surface area contributed by atoms with Gasteiger partial charge in [0.1, 0.15) is 5.69 Å². The summed E-state index contributed by atoms with van der Waals surface area (Å²) >= 11 is 6.81. The Bertz CT molecular complexity index is 458. The Kier molecular flexibility index (Phi) is 3.91. The van der Waals surface area contributed by atoms with Gasteiger partial charge in [0.05, 0.1) is 0 Å². The average Bonchev–Trinajstić information content (AvgIpc) is 2.23. The smallest absolute Gasteiger partial charge is 0.181 e. The van der Waals surface area contributed by atoms with Crippen LogP contribution in [0, 0.1) is 5.41 Å². The first-order valence-corrected chi connectivity index (χ1v) is 5.61. The van der Waals surface area contributed by atoms with Crippen molar-refractivity contribution in [2.75, 3.05) is 17.7 Å². The lowest BCUT2D eigenvalue weighted by molar-refractivity contribution is 1.19. The number of aromatic nitrogens is 2. The molecular formula is C7H10ClN7S. The van der Waals surface area contributed by atoms with E-state index >= 15 is 0 Å². The van der Waals surface area contributed by atoms with Gasteiger partial charge in [-0.2, -0.15) is 0 Å². The number of nitrogens with two attached hydrogens (primary N) is 3. The lowest BCUT2D eigenvalue weighted by atomic mass is 10.4. The fourth-order valence-electron chi connectivity index (χ4n) is 0.838. The van der Waals surface area contributed by atoms with E-state index in [4.69, 9.17) is 34.2 Å². The van der Waals surface area contributed by atoms with Gasteiger partial charge >= 0.3 is 0 Å². The molecule has 9 heteroatoms. The summed E-state index contributed by atoms with van der Waals surface area (Å²) in [5.41, 5.74) is 16.7. The van der Waals surface area contributed by atoms with Gasteiger partial charge in [-0.05, 0) is 6.26 Å². The Morgan fingerprint density at radius 3 is 2.56 bits per heavy atom. The van der Waals surface area contributed by atoms with Gasteiger partial charge in [-0.15, -0.1) is 0 Å². The first-order chi connectivity index (χ1) is 7.45. The first-order valence-electron chi connectivity index (χ1n) is 4.01. The van der Waals surface area contributed by atoms with Crippen molar-refractivity contribution >= 4 is 46.0 Å². The fraction of sp³-hybridized carbons (Fsp3) is 0.143. The van der Waals surface area contributed by atoms with E-state index < -0.39 is 0 Å². The lowest BCUT2D eigenvalue weighted by Crippen LogP contribution is -2.20. The summed E-state index contributed by atoms with van der Waals surface area (Å²) in [6, 6.07) is 0. The molecule has 0 aliphatic heterocycles. The zero-order valence-electron chi connectivity index (χ0n) is 8.36. The van der Waals surface area contributed by atoms with E-state index in [0.29, 0.717) is 0 Å². The van der Waals surface area contributed by atoms with Crippen molar-refractivity contribution in [1.29, 1.82) is 5.41 Å². The van der Waals surface area contributed by atoms with E-state index in [1.165, 1.54) is 0 Å². The average molecular weight is 260 g/mol. The van der Waals surface area contributed by atoms with Crippen molar-refractivity contribution in [3.05, 3.63) is 10.8 Å². The maximum atomic E-state index is 7.33. The van der Waals surface area contributed by atoms with E-state index in [1.54, 1.807) is 6.26 Å². The molecule has 86 valence electrons. The topological polar surface area (TPSA) is 140 Å². The molecule has 0 aliphatic rings. The number of hydrogen-bond acceptors (Lipinski definition) is 6. The van der Waals surface area contributed by atoms with Gasteiger partial charge in [0.15, 0.2) is 27.8 Å². The van der Waals surface area contributed by atoms with Crippen LogP contribution in [0.15, 0.2) is 4.99 Å². The third-order valence-corrected chi connectivity index (χ3v) is 2.32. The van der Waals surface area contributed by atoms with Crippen LogP contribution in [0.3, 0.4) is 0 Å². The van der Waals surface area contributed by atoms with Crippen molar-refractivity contribution in [1.82, 2.24) is 9.97 Å². The quantitative estimate of drug-likeness (QED) is 0.422. The predicted octanol–water partition coefficient (Wildman–Crippen LogP) is 0.297. The van der Waals surface area contributed by atoms with E-state index in [-0.39, 0.29) is 33.5 Å². The molecule has 0 radical (unpaired) electrons. The SMILES string of the molecule is CSC(=N)/N=C(\N)c1nc(Cl)c(N)nc1N. The molecule has 0 saturated heterocycles. The highest BCUT2D eigenvalue weighted by Crippen LogP contribution is 2.17. The Labute approximate surface area is 101 Å². The Hall–Kier alpha value is -1.54. The summed E-state index contributed by atoms with van der Waals surface area (Å²) in [6.07, 6.45) is 1.70. The number of nitrogen functional groups attached to an aromatic ring is 2. The summed E-state index contributed by atoms with van der Waals surface area (Å²) in [6.45, 7) is 0. The van der Waals surface area contributed by atoms with Crippen LogP contribution < -0.4 is 17.2 Å². The number of nitrogens with zero attached hydrogens (tertiary/aromatic N) is 3.